The first kappa shape index (κ1) is 14.2. The summed E-state index contributed by atoms with van der Waals surface area (Å²) in [6.07, 6.45) is 1.75. The third-order valence-corrected chi connectivity index (χ3v) is 4.78. The fraction of sp³-hybridized carbons (Fsp3) is 0.364. The summed E-state index contributed by atoms with van der Waals surface area (Å²) in [5, 5.41) is 6.77. The van der Waals surface area contributed by atoms with Crippen LogP contribution < -0.4 is 5.32 Å². The molecule has 0 bridgehead atoms. The molecule has 19 heavy (non-hydrogen) atoms. The van der Waals surface area contributed by atoms with Crippen molar-refractivity contribution in [1.82, 2.24) is 9.97 Å². The third-order valence-electron chi connectivity index (χ3n) is 2.34. The van der Waals surface area contributed by atoms with Crippen molar-refractivity contribution >= 4 is 45.4 Å². The van der Waals surface area contributed by atoms with Crippen LogP contribution in [0.5, 0.6) is 0 Å². The lowest BCUT2D eigenvalue weighted by Crippen LogP contribution is -2.27. The molecule has 0 saturated heterocycles. The standard InChI is InChI=1S/C11H12ClN3O2S2/c1-11(2,9-13-4-5-18-9)15-10-14-7(12)6(19-10)8(16)17-3/h4-5H,1-3H3,(H,14,15). The molecule has 8 heteroatoms. The van der Waals surface area contributed by atoms with Crippen molar-refractivity contribution in [3.63, 3.8) is 0 Å². The van der Waals surface area contributed by atoms with Crippen LogP contribution in [0.4, 0.5) is 5.13 Å². The molecule has 0 radical (unpaired) electrons. The van der Waals surface area contributed by atoms with Crippen molar-refractivity contribution in [3.8, 4) is 0 Å². The number of aromatic nitrogens is 2. The smallest absolute Gasteiger partial charge is 0.351 e. The van der Waals surface area contributed by atoms with E-state index >= 15 is 0 Å². The van der Waals surface area contributed by atoms with Crippen LogP contribution in [0.2, 0.25) is 5.15 Å². The number of rotatable bonds is 4. The Balaban J connectivity index is 2.22. The Morgan fingerprint density at radius 2 is 2.26 bits per heavy atom. The van der Waals surface area contributed by atoms with E-state index in [1.54, 1.807) is 17.5 Å². The number of nitrogens with one attached hydrogen (secondary N) is 1. The van der Waals surface area contributed by atoms with Crippen molar-refractivity contribution < 1.29 is 9.53 Å². The number of nitrogens with zero attached hydrogens (tertiary/aromatic N) is 2. The molecule has 2 heterocycles. The number of halogens is 1. The van der Waals surface area contributed by atoms with Crippen LogP contribution in [0.3, 0.4) is 0 Å². The lowest BCUT2D eigenvalue weighted by Gasteiger charge is -2.23. The van der Waals surface area contributed by atoms with Crippen molar-refractivity contribution in [2.45, 2.75) is 19.4 Å². The zero-order chi connectivity index (χ0) is 14.0. The Morgan fingerprint density at radius 1 is 1.53 bits per heavy atom. The number of hydrogen-bond acceptors (Lipinski definition) is 7. The van der Waals surface area contributed by atoms with E-state index in [9.17, 15) is 4.79 Å². The monoisotopic (exact) mass is 317 g/mol. The molecule has 0 atom stereocenters. The normalized spacial score (nSPS) is 11.4. The molecule has 0 unspecified atom stereocenters. The first-order valence-corrected chi connectivity index (χ1v) is 7.44. The SMILES string of the molecule is COC(=O)c1sc(NC(C)(C)c2nccs2)nc1Cl. The van der Waals surface area contributed by atoms with Gasteiger partial charge < -0.3 is 10.1 Å². The van der Waals surface area contributed by atoms with Gasteiger partial charge in [0, 0.05) is 11.6 Å². The van der Waals surface area contributed by atoms with Gasteiger partial charge >= 0.3 is 5.97 Å². The molecular weight excluding hydrogens is 306 g/mol. The fourth-order valence-corrected chi connectivity index (χ4v) is 3.40. The van der Waals surface area contributed by atoms with Gasteiger partial charge in [-0.05, 0) is 13.8 Å². The number of carbonyl (C=O) groups is 1. The van der Waals surface area contributed by atoms with Crippen LogP contribution in [-0.4, -0.2) is 23.0 Å². The number of hydrogen-bond donors (Lipinski definition) is 1. The number of ether oxygens (including phenoxy) is 1. The van der Waals surface area contributed by atoms with E-state index in [2.05, 4.69) is 20.0 Å². The van der Waals surface area contributed by atoms with Crippen LogP contribution in [0.25, 0.3) is 0 Å². The number of anilines is 1. The van der Waals surface area contributed by atoms with Gasteiger partial charge in [0.1, 0.15) is 5.01 Å². The van der Waals surface area contributed by atoms with E-state index in [-0.39, 0.29) is 10.7 Å². The molecule has 0 amide bonds. The zero-order valence-corrected chi connectivity index (χ0v) is 12.9. The summed E-state index contributed by atoms with van der Waals surface area (Å²) in [5.74, 6) is -0.484. The Labute approximate surface area is 123 Å². The van der Waals surface area contributed by atoms with Crippen molar-refractivity contribution in [1.29, 1.82) is 0 Å². The molecule has 2 rings (SSSR count). The second-order valence-electron chi connectivity index (χ2n) is 4.22. The minimum absolute atomic E-state index is 0.147. The van der Waals surface area contributed by atoms with Gasteiger partial charge in [0.2, 0.25) is 0 Å². The molecule has 0 fully saturated rings. The minimum atomic E-state index is -0.484. The summed E-state index contributed by atoms with van der Waals surface area (Å²) in [5.41, 5.74) is -0.386. The average Bonchev–Trinajstić information content (AvgIpc) is 2.97. The van der Waals surface area contributed by atoms with Crippen LogP contribution >= 0.6 is 34.3 Å². The van der Waals surface area contributed by atoms with Crippen LogP contribution in [-0.2, 0) is 10.3 Å². The fourth-order valence-electron chi connectivity index (χ4n) is 1.43. The van der Waals surface area contributed by atoms with E-state index in [1.807, 2.05) is 19.2 Å². The Bertz CT molecular complexity index is 581. The highest BCUT2D eigenvalue weighted by Crippen LogP contribution is 2.32. The molecule has 0 saturated carbocycles. The second kappa shape index (κ2) is 5.44. The van der Waals surface area contributed by atoms with E-state index in [1.165, 1.54) is 7.11 Å². The second-order valence-corrected chi connectivity index (χ2v) is 6.47. The highest BCUT2D eigenvalue weighted by Gasteiger charge is 2.26. The van der Waals surface area contributed by atoms with Gasteiger partial charge in [-0.2, -0.15) is 0 Å². The topological polar surface area (TPSA) is 64.1 Å². The lowest BCUT2D eigenvalue weighted by atomic mass is 10.1. The summed E-state index contributed by atoms with van der Waals surface area (Å²) >= 11 is 8.63. The number of methoxy groups -OCH3 is 1. The average molecular weight is 318 g/mol. The van der Waals surface area contributed by atoms with Gasteiger partial charge in [-0.25, -0.2) is 14.8 Å². The van der Waals surface area contributed by atoms with Crippen molar-refractivity contribution in [2.75, 3.05) is 12.4 Å². The molecule has 0 aliphatic rings. The van der Waals surface area contributed by atoms with Gasteiger partial charge in [0.25, 0.3) is 0 Å². The molecule has 102 valence electrons. The molecular formula is C11H12ClN3O2S2. The number of thiazole rings is 2. The van der Waals surface area contributed by atoms with Gasteiger partial charge in [-0.15, -0.1) is 11.3 Å². The lowest BCUT2D eigenvalue weighted by molar-refractivity contribution is 0.0606. The predicted molar refractivity (Wildman–Crippen MR) is 77.2 cm³/mol. The first-order chi connectivity index (χ1) is 8.94. The minimum Gasteiger partial charge on any atom is -0.465 e. The van der Waals surface area contributed by atoms with Crippen molar-refractivity contribution in [3.05, 3.63) is 26.6 Å². The maximum Gasteiger partial charge on any atom is 0.351 e. The molecule has 5 nitrogen and oxygen atoms in total. The highest BCUT2D eigenvalue weighted by atomic mass is 35.5. The van der Waals surface area contributed by atoms with Gasteiger partial charge in [-0.1, -0.05) is 22.9 Å². The summed E-state index contributed by atoms with van der Waals surface area (Å²) in [6, 6.07) is 0. The molecule has 0 spiro atoms. The molecule has 0 aliphatic carbocycles. The van der Waals surface area contributed by atoms with Gasteiger partial charge in [-0.3, -0.25) is 0 Å². The van der Waals surface area contributed by atoms with E-state index in [4.69, 9.17) is 11.6 Å². The highest BCUT2D eigenvalue weighted by molar-refractivity contribution is 7.18. The maximum atomic E-state index is 11.5. The number of esters is 1. The van der Waals surface area contributed by atoms with Crippen molar-refractivity contribution in [2.24, 2.45) is 0 Å². The molecule has 2 aromatic heterocycles. The summed E-state index contributed by atoms with van der Waals surface area (Å²) in [4.78, 5) is 20.2. The third kappa shape index (κ3) is 3.05. The molecule has 1 N–H and O–H groups in total. The molecule has 2 aromatic rings. The quantitative estimate of drug-likeness (QED) is 0.876. The summed E-state index contributed by atoms with van der Waals surface area (Å²) in [7, 11) is 1.31. The van der Waals surface area contributed by atoms with Gasteiger partial charge in [0.15, 0.2) is 15.2 Å². The predicted octanol–water partition coefficient (Wildman–Crippen LogP) is 3.39. The van der Waals surface area contributed by atoms with Crippen LogP contribution in [0, 0.1) is 0 Å². The zero-order valence-electron chi connectivity index (χ0n) is 10.6. The summed E-state index contributed by atoms with van der Waals surface area (Å²) in [6.45, 7) is 3.97. The summed E-state index contributed by atoms with van der Waals surface area (Å²) < 4.78 is 4.64. The molecule has 0 aromatic carbocycles. The Kier molecular flexibility index (Phi) is 4.07. The van der Waals surface area contributed by atoms with E-state index < -0.39 is 5.97 Å². The maximum absolute atomic E-state index is 11.5. The van der Waals surface area contributed by atoms with E-state index in [0.717, 1.165) is 16.3 Å². The molecule has 0 aliphatic heterocycles. The Hall–Kier alpha value is -1.18. The van der Waals surface area contributed by atoms with Gasteiger partial charge in [0.05, 0.1) is 12.6 Å². The largest absolute Gasteiger partial charge is 0.465 e. The van der Waals surface area contributed by atoms with Crippen LogP contribution in [0.1, 0.15) is 28.5 Å². The van der Waals surface area contributed by atoms with E-state index in [0.29, 0.717) is 10.0 Å². The number of carbonyl (C=O) groups excluding carboxylic acids is 1. The van der Waals surface area contributed by atoms with Crippen LogP contribution in [0.15, 0.2) is 11.6 Å². The Morgan fingerprint density at radius 3 is 2.84 bits per heavy atom. The first-order valence-electron chi connectivity index (χ1n) is 5.37.